The molecule has 0 aromatic heterocycles. The molecule has 0 radical (unpaired) electrons. The van der Waals surface area contributed by atoms with E-state index in [9.17, 15) is 18.4 Å². The van der Waals surface area contributed by atoms with Crippen molar-refractivity contribution >= 4 is 11.8 Å². The molecule has 1 rings (SSSR count). The number of benzene rings is 1. The van der Waals surface area contributed by atoms with E-state index in [4.69, 9.17) is 0 Å². The van der Waals surface area contributed by atoms with Crippen molar-refractivity contribution < 1.29 is 18.4 Å². The average Bonchev–Trinajstić information content (AvgIpc) is 2.29. The molecule has 0 atom stereocenters. The Morgan fingerprint density at radius 3 is 2.40 bits per heavy atom. The van der Waals surface area contributed by atoms with E-state index in [0.717, 1.165) is 11.0 Å². The van der Waals surface area contributed by atoms with Gasteiger partial charge in [0.2, 0.25) is 5.91 Å². The number of carbonyl (C=O) groups excluding carboxylic acids is 2. The number of hydrogen-bond acceptors (Lipinski definition) is 2. The van der Waals surface area contributed by atoms with E-state index in [2.05, 4.69) is 5.32 Å². The molecule has 0 aliphatic heterocycles. The van der Waals surface area contributed by atoms with Crippen LogP contribution in [0.2, 0.25) is 0 Å². The quantitative estimate of drug-likeness (QED) is 0.922. The Labute approximate surface area is 116 Å². The average molecular weight is 284 g/mol. The van der Waals surface area contributed by atoms with Gasteiger partial charge in [0.1, 0.15) is 0 Å². The molecule has 1 aromatic carbocycles. The van der Waals surface area contributed by atoms with Gasteiger partial charge in [0.05, 0.1) is 12.1 Å². The van der Waals surface area contributed by atoms with E-state index in [0.29, 0.717) is 0 Å². The highest BCUT2D eigenvalue weighted by atomic mass is 19.2. The molecule has 2 amide bonds. The van der Waals surface area contributed by atoms with E-state index < -0.39 is 28.6 Å². The summed E-state index contributed by atoms with van der Waals surface area (Å²) in [4.78, 5) is 24.7. The van der Waals surface area contributed by atoms with Crippen molar-refractivity contribution in [3.05, 3.63) is 35.4 Å². The fraction of sp³-hybridized carbons (Fsp3) is 0.429. The monoisotopic (exact) mass is 284 g/mol. The number of halogens is 2. The molecule has 0 unspecified atom stereocenters. The van der Waals surface area contributed by atoms with Crippen molar-refractivity contribution in [2.45, 2.75) is 26.3 Å². The molecule has 0 heterocycles. The third kappa shape index (κ3) is 4.29. The summed E-state index contributed by atoms with van der Waals surface area (Å²) >= 11 is 0. The SMILES string of the molecule is CN(CC(=O)NC(C)(C)C)C(=O)c1cccc(F)c1F. The first-order chi connectivity index (χ1) is 9.11. The number of likely N-dealkylation sites (N-methyl/N-ethyl adjacent to an activating group) is 1. The zero-order valence-corrected chi connectivity index (χ0v) is 12.0. The van der Waals surface area contributed by atoms with Crippen LogP contribution in [-0.4, -0.2) is 35.8 Å². The molecule has 0 spiro atoms. The number of rotatable bonds is 3. The summed E-state index contributed by atoms with van der Waals surface area (Å²) in [5.74, 6) is -3.42. The molecule has 0 aliphatic rings. The molecule has 0 fully saturated rings. The first kappa shape index (κ1) is 16.1. The summed E-state index contributed by atoms with van der Waals surface area (Å²) in [7, 11) is 1.36. The summed E-state index contributed by atoms with van der Waals surface area (Å²) in [5.41, 5.74) is -0.818. The Morgan fingerprint density at radius 1 is 1.25 bits per heavy atom. The van der Waals surface area contributed by atoms with Crippen molar-refractivity contribution in [2.24, 2.45) is 0 Å². The van der Waals surface area contributed by atoms with Crippen LogP contribution in [0, 0.1) is 11.6 Å². The van der Waals surface area contributed by atoms with Gasteiger partial charge in [-0.05, 0) is 32.9 Å². The second-order valence-corrected chi connectivity index (χ2v) is 5.56. The van der Waals surface area contributed by atoms with Gasteiger partial charge in [-0.3, -0.25) is 9.59 Å². The molecular weight excluding hydrogens is 266 g/mol. The van der Waals surface area contributed by atoms with Gasteiger partial charge < -0.3 is 10.2 Å². The molecule has 4 nitrogen and oxygen atoms in total. The largest absolute Gasteiger partial charge is 0.350 e. The van der Waals surface area contributed by atoms with Crippen LogP contribution in [0.5, 0.6) is 0 Å². The van der Waals surface area contributed by atoms with Gasteiger partial charge in [0.15, 0.2) is 11.6 Å². The predicted molar refractivity (Wildman–Crippen MR) is 71.2 cm³/mol. The standard InChI is InChI=1S/C14H18F2N2O2/c1-14(2,3)17-11(19)8-18(4)13(20)9-6-5-7-10(15)12(9)16/h5-7H,8H2,1-4H3,(H,17,19). The van der Waals surface area contributed by atoms with Crippen molar-refractivity contribution in [3.8, 4) is 0 Å². The second kappa shape index (κ2) is 5.98. The molecule has 0 saturated heterocycles. The second-order valence-electron chi connectivity index (χ2n) is 5.56. The lowest BCUT2D eigenvalue weighted by atomic mass is 10.1. The maximum absolute atomic E-state index is 13.5. The smallest absolute Gasteiger partial charge is 0.257 e. The lowest BCUT2D eigenvalue weighted by molar-refractivity contribution is -0.122. The zero-order chi connectivity index (χ0) is 15.5. The van der Waals surface area contributed by atoms with Crippen LogP contribution in [0.1, 0.15) is 31.1 Å². The summed E-state index contributed by atoms with van der Waals surface area (Å²) in [6, 6.07) is 3.35. The molecule has 0 saturated carbocycles. The van der Waals surface area contributed by atoms with Crippen LogP contribution in [0.25, 0.3) is 0 Å². The van der Waals surface area contributed by atoms with Crippen molar-refractivity contribution in [1.82, 2.24) is 10.2 Å². The summed E-state index contributed by atoms with van der Waals surface area (Å²) < 4.78 is 26.6. The van der Waals surface area contributed by atoms with Gasteiger partial charge in [-0.15, -0.1) is 0 Å². The molecule has 1 aromatic rings. The molecule has 110 valence electrons. The highest BCUT2D eigenvalue weighted by Gasteiger charge is 2.21. The Hall–Kier alpha value is -1.98. The topological polar surface area (TPSA) is 49.4 Å². The Morgan fingerprint density at radius 2 is 1.85 bits per heavy atom. The van der Waals surface area contributed by atoms with Crippen LogP contribution >= 0.6 is 0 Å². The third-order valence-corrected chi connectivity index (χ3v) is 2.42. The summed E-state index contributed by atoms with van der Waals surface area (Å²) in [6.45, 7) is 5.18. The van der Waals surface area contributed by atoms with Gasteiger partial charge >= 0.3 is 0 Å². The number of hydrogen-bond donors (Lipinski definition) is 1. The van der Waals surface area contributed by atoms with Crippen molar-refractivity contribution in [1.29, 1.82) is 0 Å². The Balaban J connectivity index is 2.77. The maximum atomic E-state index is 13.5. The highest BCUT2D eigenvalue weighted by Crippen LogP contribution is 2.13. The van der Waals surface area contributed by atoms with Crippen LogP contribution < -0.4 is 5.32 Å². The number of carbonyl (C=O) groups is 2. The fourth-order valence-corrected chi connectivity index (χ4v) is 1.62. The van der Waals surface area contributed by atoms with Crippen LogP contribution in [-0.2, 0) is 4.79 Å². The molecule has 6 heteroatoms. The number of nitrogens with one attached hydrogen (secondary N) is 1. The summed E-state index contributed by atoms with van der Waals surface area (Å²) in [5, 5.41) is 2.68. The van der Waals surface area contributed by atoms with Crippen LogP contribution in [0.15, 0.2) is 18.2 Å². The third-order valence-electron chi connectivity index (χ3n) is 2.42. The molecular formula is C14H18F2N2O2. The summed E-state index contributed by atoms with van der Waals surface area (Å²) in [6.07, 6.45) is 0. The minimum Gasteiger partial charge on any atom is -0.350 e. The lowest BCUT2D eigenvalue weighted by Gasteiger charge is -2.23. The van der Waals surface area contributed by atoms with Crippen molar-refractivity contribution in [2.75, 3.05) is 13.6 Å². The van der Waals surface area contributed by atoms with Crippen molar-refractivity contribution in [3.63, 3.8) is 0 Å². The van der Waals surface area contributed by atoms with Gasteiger partial charge in [0.25, 0.3) is 5.91 Å². The Kier molecular flexibility index (Phi) is 4.81. The maximum Gasteiger partial charge on any atom is 0.257 e. The molecule has 0 aliphatic carbocycles. The number of amides is 2. The molecule has 20 heavy (non-hydrogen) atoms. The first-order valence-electron chi connectivity index (χ1n) is 6.12. The van der Waals surface area contributed by atoms with E-state index in [1.165, 1.54) is 19.2 Å². The molecule has 1 N–H and O–H groups in total. The fourth-order valence-electron chi connectivity index (χ4n) is 1.62. The van der Waals surface area contributed by atoms with Gasteiger partial charge in [-0.2, -0.15) is 0 Å². The van der Waals surface area contributed by atoms with Crippen LogP contribution in [0.3, 0.4) is 0 Å². The minimum atomic E-state index is -1.21. The predicted octanol–water partition coefficient (Wildman–Crippen LogP) is 1.95. The van der Waals surface area contributed by atoms with Gasteiger partial charge in [0, 0.05) is 12.6 Å². The van der Waals surface area contributed by atoms with E-state index in [1.54, 1.807) is 20.8 Å². The van der Waals surface area contributed by atoms with Gasteiger partial charge in [-0.25, -0.2) is 8.78 Å². The molecule has 0 bridgehead atoms. The zero-order valence-electron chi connectivity index (χ0n) is 12.0. The highest BCUT2D eigenvalue weighted by molar-refractivity contribution is 5.96. The number of nitrogens with zero attached hydrogens (tertiary/aromatic N) is 1. The lowest BCUT2D eigenvalue weighted by Crippen LogP contribution is -2.46. The minimum absolute atomic E-state index is 0.230. The van der Waals surface area contributed by atoms with E-state index in [-0.39, 0.29) is 12.5 Å². The first-order valence-corrected chi connectivity index (χ1v) is 6.12. The van der Waals surface area contributed by atoms with Gasteiger partial charge in [-0.1, -0.05) is 6.07 Å². The van der Waals surface area contributed by atoms with E-state index in [1.807, 2.05) is 0 Å². The van der Waals surface area contributed by atoms with Crippen LogP contribution in [0.4, 0.5) is 8.78 Å². The van der Waals surface area contributed by atoms with E-state index >= 15 is 0 Å². The Bertz CT molecular complexity index is 524. The normalized spacial score (nSPS) is 11.1.